The molecule has 4 heteroatoms. The molecular formula is C12H17NO2S. The quantitative estimate of drug-likeness (QED) is 0.631. The van der Waals surface area contributed by atoms with Gasteiger partial charge in [0, 0.05) is 10.8 Å². The number of hydrogen-bond acceptors (Lipinski definition) is 4. The first-order chi connectivity index (χ1) is 7.72. The number of esters is 1. The maximum atomic E-state index is 11.3. The molecule has 1 aromatic carbocycles. The van der Waals surface area contributed by atoms with Crippen molar-refractivity contribution in [1.29, 1.82) is 0 Å². The van der Waals surface area contributed by atoms with Gasteiger partial charge in [0.05, 0.1) is 13.5 Å². The van der Waals surface area contributed by atoms with E-state index in [1.165, 1.54) is 12.0 Å². The summed E-state index contributed by atoms with van der Waals surface area (Å²) in [6, 6.07) is 8.02. The van der Waals surface area contributed by atoms with E-state index in [2.05, 4.69) is 4.74 Å². The molecule has 0 saturated heterocycles. The van der Waals surface area contributed by atoms with Crippen LogP contribution in [0.5, 0.6) is 0 Å². The SMILES string of the molecule is COC(=O)CC(CN)c1ccccc1SC. The summed E-state index contributed by atoms with van der Waals surface area (Å²) in [7, 11) is 1.40. The molecule has 1 aromatic rings. The lowest BCUT2D eigenvalue weighted by atomic mass is 9.96. The molecule has 0 amide bonds. The maximum absolute atomic E-state index is 11.3. The summed E-state index contributed by atoms with van der Waals surface area (Å²) in [4.78, 5) is 12.4. The Morgan fingerprint density at radius 2 is 2.19 bits per heavy atom. The lowest BCUT2D eigenvalue weighted by Gasteiger charge is -2.16. The van der Waals surface area contributed by atoms with E-state index >= 15 is 0 Å². The fourth-order valence-electron chi connectivity index (χ4n) is 1.61. The van der Waals surface area contributed by atoms with E-state index in [-0.39, 0.29) is 11.9 Å². The van der Waals surface area contributed by atoms with Crippen molar-refractivity contribution in [3.63, 3.8) is 0 Å². The second-order valence-electron chi connectivity index (χ2n) is 3.45. The van der Waals surface area contributed by atoms with Crippen molar-refractivity contribution in [3.8, 4) is 0 Å². The molecule has 3 nitrogen and oxygen atoms in total. The van der Waals surface area contributed by atoms with Gasteiger partial charge in [-0.3, -0.25) is 4.79 Å². The second-order valence-corrected chi connectivity index (χ2v) is 4.30. The van der Waals surface area contributed by atoms with E-state index in [0.717, 1.165) is 5.56 Å². The molecule has 88 valence electrons. The summed E-state index contributed by atoms with van der Waals surface area (Å²) >= 11 is 1.67. The predicted molar refractivity (Wildman–Crippen MR) is 66.7 cm³/mol. The Kier molecular flexibility index (Phi) is 5.35. The van der Waals surface area contributed by atoms with Gasteiger partial charge in [-0.15, -0.1) is 11.8 Å². The van der Waals surface area contributed by atoms with E-state index in [4.69, 9.17) is 5.73 Å². The van der Waals surface area contributed by atoms with Crippen LogP contribution in [0.3, 0.4) is 0 Å². The van der Waals surface area contributed by atoms with Crippen molar-refractivity contribution in [2.75, 3.05) is 19.9 Å². The van der Waals surface area contributed by atoms with Crippen molar-refractivity contribution in [1.82, 2.24) is 0 Å². The van der Waals surface area contributed by atoms with Crippen LogP contribution >= 0.6 is 11.8 Å². The van der Waals surface area contributed by atoms with Gasteiger partial charge in [0.15, 0.2) is 0 Å². The Bertz CT molecular complexity index is 355. The second kappa shape index (κ2) is 6.55. The Hall–Kier alpha value is -1.00. The lowest BCUT2D eigenvalue weighted by molar-refractivity contribution is -0.141. The smallest absolute Gasteiger partial charge is 0.306 e. The highest BCUT2D eigenvalue weighted by atomic mass is 32.2. The summed E-state index contributed by atoms with van der Waals surface area (Å²) in [6.45, 7) is 0.451. The molecule has 0 spiro atoms. The largest absolute Gasteiger partial charge is 0.469 e. The number of carbonyl (C=O) groups excluding carboxylic acids is 1. The Morgan fingerprint density at radius 1 is 1.50 bits per heavy atom. The molecule has 0 aliphatic heterocycles. The third-order valence-corrected chi connectivity index (χ3v) is 3.32. The molecule has 0 aromatic heterocycles. The minimum Gasteiger partial charge on any atom is -0.469 e. The van der Waals surface area contributed by atoms with E-state index in [0.29, 0.717) is 13.0 Å². The number of hydrogen-bond donors (Lipinski definition) is 1. The number of benzene rings is 1. The first-order valence-electron chi connectivity index (χ1n) is 5.12. The van der Waals surface area contributed by atoms with Crippen molar-refractivity contribution in [3.05, 3.63) is 29.8 Å². The lowest BCUT2D eigenvalue weighted by Crippen LogP contribution is -2.17. The minimum absolute atomic E-state index is 0.0381. The molecule has 16 heavy (non-hydrogen) atoms. The summed E-state index contributed by atoms with van der Waals surface area (Å²) in [5, 5.41) is 0. The average molecular weight is 239 g/mol. The molecule has 1 rings (SSSR count). The molecular weight excluding hydrogens is 222 g/mol. The van der Waals surface area contributed by atoms with Crippen LogP contribution in [-0.4, -0.2) is 25.9 Å². The van der Waals surface area contributed by atoms with Crippen molar-refractivity contribution in [2.24, 2.45) is 5.73 Å². The fourth-order valence-corrected chi connectivity index (χ4v) is 2.29. The summed E-state index contributed by atoms with van der Waals surface area (Å²) < 4.78 is 4.68. The van der Waals surface area contributed by atoms with E-state index in [1.807, 2.05) is 30.5 Å². The van der Waals surface area contributed by atoms with E-state index in [1.54, 1.807) is 11.8 Å². The van der Waals surface area contributed by atoms with Gasteiger partial charge in [0.2, 0.25) is 0 Å². The summed E-state index contributed by atoms with van der Waals surface area (Å²) in [5.41, 5.74) is 6.84. The molecule has 0 aliphatic carbocycles. The number of rotatable bonds is 5. The fraction of sp³-hybridized carbons (Fsp3) is 0.417. The van der Waals surface area contributed by atoms with Crippen LogP contribution in [0.1, 0.15) is 17.9 Å². The minimum atomic E-state index is -0.216. The molecule has 0 bridgehead atoms. The van der Waals surface area contributed by atoms with E-state index < -0.39 is 0 Å². The van der Waals surface area contributed by atoms with Crippen molar-refractivity contribution >= 4 is 17.7 Å². The number of thioether (sulfide) groups is 1. The first kappa shape index (κ1) is 13.1. The van der Waals surface area contributed by atoms with Crippen LogP contribution in [-0.2, 0) is 9.53 Å². The zero-order valence-electron chi connectivity index (χ0n) is 9.60. The topological polar surface area (TPSA) is 52.3 Å². The van der Waals surface area contributed by atoms with Gasteiger partial charge >= 0.3 is 5.97 Å². The summed E-state index contributed by atoms with van der Waals surface area (Å²) in [5.74, 6) is -0.178. The van der Waals surface area contributed by atoms with Crippen LogP contribution in [0.15, 0.2) is 29.2 Å². The zero-order valence-corrected chi connectivity index (χ0v) is 10.4. The Balaban J connectivity index is 2.89. The zero-order chi connectivity index (χ0) is 12.0. The summed E-state index contributed by atoms with van der Waals surface area (Å²) in [6.07, 6.45) is 2.36. The molecule has 0 radical (unpaired) electrons. The molecule has 0 saturated carbocycles. The number of ether oxygens (including phenoxy) is 1. The number of methoxy groups -OCH3 is 1. The molecule has 0 heterocycles. The van der Waals surface area contributed by atoms with Gasteiger partial charge in [-0.1, -0.05) is 18.2 Å². The van der Waals surface area contributed by atoms with Crippen LogP contribution in [0.2, 0.25) is 0 Å². The average Bonchev–Trinajstić information content (AvgIpc) is 2.35. The maximum Gasteiger partial charge on any atom is 0.306 e. The Labute approximate surface area is 100 Å². The van der Waals surface area contributed by atoms with Gasteiger partial charge in [-0.05, 0) is 24.4 Å². The first-order valence-corrected chi connectivity index (χ1v) is 6.35. The van der Waals surface area contributed by atoms with Crippen LogP contribution < -0.4 is 5.73 Å². The van der Waals surface area contributed by atoms with Gasteiger partial charge in [0.25, 0.3) is 0 Å². The van der Waals surface area contributed by atoms with E-state index in [9.17, 15) is 4.79 Å². The van der Waals surface area contributed by atoms with Crippen molar-refractivity contribution < 1.29 is 9.53 Å². The van der Waals surface area contributed by atoms with Gasteiger partial charge in [0.1, 0.15) is 0 Å². The predicted octanol–water partition coefficient (Wildman–Crippen LogP) is 2.01. The molecule has 0 aliphatic rings. The van der Waals surface area contributed by atoms with Crippen LogP contribution in [0.25, 0.3) is 0 Å². The highest BCUT2D eigenvalue weighted by molar-refractivity contribution is 7.98. The highest BCUT2D eigenvalue weighted by Gasteiger charge is 2.17. The van der Waals surface area contributed by atoms with Gasteiger partial charge < -0.3 is 10.5 Å². The molecule has 1 unspecified atom stereocenters. The van der Waals surface area contributed by atoms with Crippen molar-refractivity contribution in [2.45, 2.75) is 17.2 Å². The third kappa shape index (κ3) is 3.25. The van der Waals surface area contributed by atoms with Crippen LogP contribution in [0.4, 0.5) is 0 Å². The third-order valence-electron chi connectivity index (χ3n) is 2.50. The molecule has 0 fully saturated rings. The number of nitrogens with two attached hydrogens (primary N) is 1. The van der Waals surface area contributed by atoms with Crippen LogP contribution in [0, 0.1) is 0 Å². The van der Waals surface area contributed by atoms with Gasteiger partial charge in [-0.2, -0.15) is 0 Å². The highest BCUT2D eigenvalue weighted by Crippen LogP contribution is 2.28. The standard InChI is InChI=1S/C12H17NO2S/c1-15-12(14)7-9(8-13)10-5-3-4-6-11(10)16-2/h3-6,9H,7-8,13H2,1-2H3. The normalized spacial score (nSPS) is 12.2. The Morgan fingerprint density at radius 3 is 2.75 bits per heavy atom. The number of carbonyl (C=O) groups is 1. The molecule has 1 atom stereocenters. The van der Waals surface area contributed by atoms with Gasteiger partial charge in [-0.25, -0.2) is 0 Å². The monoisotopic (exact) mass is 239 g/mol. The molecule has 2 N–H and O–H groups in total.